The maximum Gasteiger partial charge on any atom is 0.270 e. The standard InChI is InChI=1S/C21H15N3O3S/c1-13-3-5-15(6-4-13)20-14(2)9-16(11-22)21(23-20)28-19-8-7-18(24(26)27)10-17(19)12-25/h3-10,12H,1-2H3. The molecule has 1 heterocycles. The number of nitro benzene ring substituents is 1. The van der Waals surface area contributed by atoms with Gasteiger partial charge in [-0.25, -0.2) is 4.98 Å². The second-order valence-electron chi connectivity index (χ2n) is 6.18. The lowest BCUT2D eigenvalue weighted by atomic mass is 10.0. The molecule has 0 N–H and O–H groups in total. The van der Waals surface area contributed by atoms with Crippen LogP contribution in [0.15, 0.2) is 58.5 Å². The van der Waals surface area contributed by atoms with Gasteiger partial charge in [0, 0.05) is 28.2 Å². The summed E-state index contributed by atoms with van der Waals surface area (Å²) >= 11 is 1.14. The lowest BCUT2D eigenvalue weighted by molar-refractivity contribution is -0.384. The van der Waals surface area contributed by atoms with Crippen molar-refractivity contribution in [2.45, 2.75) is 23.8 Å². The molecule has 0 unspecified atom stereocenters. The van der Waals surface area contributed by atoms with Crippen molar-refractivity contribution in [2.75, 3.05) is 0 Å². The molecule has 0 spiro atoms. The smallest absolute Gasteiger partial charge is 0.270 e. The van der Waals surface area contributed by atoms with Crippen molar-refractivity contribution in [1.82, 2.24) is 4.98 Å². The molecule has 3 aromatic rings. The Hall–Kier alpha value is -3.50. The summed E-state index contributed by atoms with van der Waals surface area (Å²) in [5.74, 6) is 0. The van der Waals surface area contributed by atoms with Crippen molar-refractivity contribution in [2.24, 2.45) is 0 Å². The number of benzene rings is 2. The van der Waals surface area contributed by atoms with Gasteiger partial charge in [-0.2, -0.15) is 5.26 Å². The van der Waals surface area contributed by atoms with Crippen LogP contribution in [0.1, 0.15) is 27.0 Å². The number of carbonyl (C=O) groups excluding carboxylic acids is 1. The molecule has 3 rings (SSSR count). The number of aryl methyl sites for hydroxylation is 2. The lowest BCUT2D eigenvalue weighted by Crippen LogP contribution is -1.97. The Morgan fingerprint density at radius 2 is 1.86 bits per heavy atom. The normalized spacial score (nSPS) is 10.3. The van der Waals surface area contributed by atoms with Gasteiger partial charge in [0.15, 0.2) is 6.29 Å². The van der Waals surface area contributed by atoms with E-state index < -0.39 is 4.92 Å². The fraction of sp³-hybridized carbons (Fsp3) is 0.0952. The molecule has 1 aromatic heterocycles. The van der Waals surface area contributed by atoms with Gasteiger partial charge in [-0.05, 0) is 31.5 Å². The van der Waals surface area contributed by atoms with Gasteiger partial charge in [-0.15, -0.1) is 0 Å². The predicted molar refractivity (Wildman–Crippen MR) is 106 cm³/mol. The van der Waals surface area contributed by atoms with Gasteiger partial charge in [0.05, 0.1) is 16.2 Å². The van der Waals surface area contributed by atoms with E-state index in [9.17, 15) is 20.2 Å². The molecule has 0 bridgehead atoms. The molecule has 6 nitrogen and oxygen atoms in total. The minimum absolute atomic E-state index is 0.163. The number of hydrogen-bond acceptors (Lipinski definition) is 6. The summed E-state index contributed by atoms with van der Waals surface area (Å²) in [5, 5.41) is 20.9. The lowest BCUT2D eigenvalue weighted by Gasteiger charge is -2.11. The molecule has 0 radical (unpaired) electrons. The highest BCUT2D eigenvalue weighted by atomic mass is 32.2. The number of hydrogen-bond donors (Lipinski definition) is 0. The second-order valence-corrected chi connectivity index (χ2v) is 7.21. The summed E-state index contributed by atoms with van der Waals surface area (Å²) in [6.07, 6.45) is 0.566. The maximum absolute atomic E-state index is 11.4. The van der Waals surface area contributed by atoms with E-state index >= 15 is 0 Å². The molecule has 28 heavy (non-hydrogen) atoms. The zero-order valence-electron chi connectivity index (χ0n) is 15.2. The van der Waals surface area contributed by atoms with Crippen LogP contribution < -0.4 is 0 Å². The highest BCUT2D eigenvalue weighted by molar-refractivity contribution is 7.99. The number of non-ortho nitro benzene ring substituents is 1. The first kappa shape index (κ1) is 19.3. The molecule has 0 aliphatic heterocycles. The summed E-state index contributed by atoms with van der Waals surface area (Å²) in [6.45, 7) is 3.89. The molecule has 0 atom stereocenters. The van der Waals surface area contributed by atoms with E-state index in [2.05, 4.69) is 11.1 Å². The topological polar surface area (TPSA) is 96.9 Å². The molecular weight excluding hydrogens is 374 g/mol. The van der Waals surface area contributed by atoms with Crippen LogP contribution in [-0.4, -0.2) is 16.2 Å². The van der Waals surface area contributed by atoms with Crippen molar-refractivity contribution in [3.05, 3.63) is 80.9 Å². The van der Waals surface area contributed by atoms with Crippen LogP contribution in [-0.2, 0) is 0 Å². The zero-order valence-corrected chi connectivity index (χ0v) is 16.0. The van der Waals surface area contributed by atoms with Gasteiger partial charge in [0.1, 0.15) is 11.1 Å². The van der Waals surface area contributed by atoms with Crippen LogP contribution in [0, 0.1) is 35.3 Å². The van der Waals surface area contributed by atoms with Gasteiger partial charge >= 0.3 is 0 Å². The number of nitrogens with zero attached hydrogens (tertiary/aromatic N) is 3. The monoisotopic (exact) mass is 389 g/mol. The number of aromatic nitrogens is 1. The van der Waals surface area contributed by atoms with E-state index in [-0.39, 0.29) is 11.3 Å². The average molecular weight is 389 g/mol. The molecule has 0 saturated carbocycles. The first-order chi connectivity index (χ1) is 13.4. The summed E-state index contributed by atoms with van der Waals surface area (Å²) in [4.78, 5) is 26.9. The van der Waals surface area contributed by atoms with E-state index in [1.54, 1.807) is 6.07 Å². The summed E-state index contributed by atoms with van der Waals surface area (Å²) < 4.78 is 0. The van der Waals surface area contributed by atoms with Gasteiger partial charge in [-0.3, -0.25) is 14.9 Å². The Morgan fingerprint density at radius 3 is 2.46 bits per heavy atom. The largest absolute Gasteiger partial charge is 0.298 e. The van der Waals surface area contributed by atoms with E-state index in [4.69, 9.17) is 0 Å². The Kier molecular flexibility index (Phi) is 5.52. The first-order valence-corrected chi connectivity index (χ1v) is 9.15. The van der Waals surface area contributed by atoms with E-state index in [0.717, 1.165) is 34.1 Å². The summed E-state index contributed by atoms with van der Waals surface area (Å²) in [6, 6.07) is 15.9. The number of nitriles is 1. The fourth-order valence-electron chi connectivity index (χ4n) is 2.70. The highest BCUT2D eigenvalue weighted by Gasteiger charge is 2.16. The third-order valence-corrected chi connectivity index (χ3v) is 5.26. The van der Waals surface area contributed by atoms with Crippen LogP contribution in [0.2, 0.25) is 0 Å². The number of aldehydes is 1. The maximum atomic E-state index is 11.4. The Morgan fingerprint density at radius 1 is 1.14 bits per heavy atom. The predicted octanol–water partition coefficient (Wildman–Crippen LogP) is 5.11. The fourth-order valence-corrected chi connectivity index (χ4v) is 3.62. The first-order valence-electron chi connectivity index (χ1n) is 8.33. The zero-order chi connectivity index (χ0) is 20.3. The quantitative estimate of drug-likeness (QED) is 0.342. The molecule has 0 aliphatic carbocycles. The number of nitro groups is 1. The summed E-state index contributed by atoms with van der Waals surface area (Å²) in [7, 11) is 0. The molecule has 0 fully saturated rings. The van der Waals surface area contributed by atoms with Crippen molar-refractivity contribution in [1.29, 1.82) is 5.26 Å². The van der Waals surface area contributed by atoms with Gasteiger partial charge in [-0.1, -0.05) is 41.6 Å². The van der Waals surface area contributed by atoms with Crippen LogP contribution in [0.4, 0.5) is 5.69 Å². The highest BCUT2D eigenvalue weighted by Crippen LogP contribution is 2.35. The molecule has 0 saturated heterocycles. The minimum Gasteiger partial charge on any atom is -0.298 e. The molecule has 0 amide bonds. The Balaban J connectivity index is 2.08. The molecule has 0 aliphatic rings. The molecule has 7 heteroatoms. The van der Waals surface area contributed by atoms with E-state index in [1.807, 2.05) is 38.1 Å². The van der Waals surface area contributed by atoms with Crippen molar-refractivity contribution < 1.29 is 9.72 Å². The van der Waals surface area contributed by atoms with Gasteiger partial charge in [0.25, 0.3) is 5.69 Å². The average Bonchev–Trinajstić information content (AvgIpc) is 2.69. The second kappa shape index (κ2) is 8.03. The van der Waals surface area contributed by atoms with Crippen LogP contribution in [0.5, 0.6) is 0 Å². The number of pyridine rings is 1. The third kappa shape index (κ3) is 3.92. The SMILES string of the molecule is Cc1ccc(-c2nc(Sc3ccc([N+](=O)[O-])cc3C=O)c(C#N)cc2C)cc1. The molecular formula is C21H15N3O3S. The molecule has 2 aromatic carbocycles. The summed E-state index contributed by atoms with van der Waals surface area (Å²) in [5.41, 5.74) is 4.07. The Labute approximate surface area is 166 Å². The van der Waals surface area contributed by atoms with Gasteiger partial charge in [0.2, 0.25) is 0 Å². The third-order valence-electron chi connectivity index (χ3n) is 4.16. The van der Waals surface area contributed by atoms with Crippen LogP contribution in [0.25, 0.3) is 11.3 Å². The number of rotatable bonds is 5. The van der Waals surface area contributed by atoms with Crippen molar-refractivity contribution in [3.63, 3.8) is 0 Å². The van der Waals surface area contributed by atoms with Crippen molar-refractivity contribution in [3.8, 4) is 17.3 Å². The minimum atomic E-state index is -0.554. The Bertz CT molecular complexity index is 1120. The van der Waals surface area contributed by atoms with E-state index in [0.29, 0.717) is 21.8 Å². The van der Waals surface area contributed by atoms with Crippen LogP contribution >= 0.6 is 11.8 Å². The van der Waals surface area contributed by atoms with E-state index in [1.165, 1.54) is 18.2 Å². The van der Waals surface area contributed by atoms with Crippen LogP contribution in [0.3, 0.4) is 0 Å². The molecule has 138 valence electrons. The number of carbonyl (C=O) groups is 1. The van der Waals surface area contributed by atoms with Gasteiger partial charge < -0.3 is 0 Å². The van der Waals surface area contributed by atoms with Crippen molar-refractivity contribution >= 4 is 23.7 Å².